The van der Waals surface area contributed by atoms with Crippen LogP contribution in [0.15, 0.2) is 47.1 Å². The van der Waals surface area contributed by atoms with Crippen LogP contribution in [0.5, 0.6) is 0 Å². The number of ether oxygens (including phenoxy) is 4. The number of carbonyl (C=O) groups excluding carboxylic acids is 3. The number of rotatable bonds is 7. The number of allylic oxidation sites excluding steroid dienone is 4. The van der Waals surface area contributed by atoms with Crippen molar-refractivity contribution in [3.63, 3.8) is 0 Å². The van der Waals surface area contributed by atoms with Gasteiger partial charge in [-0.05, 0) is 66.2 Å². The topological polar surface area (TPSA) is 91.4 Å². The Kier molecular flexibility index (Phi) is 9.23. The van der Waals surface area contributed by atoms with Crippen LogP contribution in [-0.2, 0) is 33.3 Å². The molecule has 2 aliphatic rings. The summed E-state index contributed by atoms with van der Waals surface area (Å²) in [7, 11) is 1.36. The van der Waals surface area contributed by atoms with Crippen molar-refractivity contribution in [2.24, 2.45) is 5.92 Å². The summed E-state index contributed by atoms with van der Waals surface area (Å²) in [6.45, 7) is 13.2. The highest BCUT2D eigenvalue weighted by atomic mass is 16.7. The molecular weight excluding hydrogens is 424 g/mol. The molecule has 182 valence electrons. The summed E-state index contributed by atoms with van der Waals surface area (Å²) in [5, 5.41) is 0. The number of epoxide rings is 1. The van der Waals surface area contributed by atoms with Gasteiger partial charge in [-0.25, -0.2) is 14.4 Å². The lowest BCUT2D eigenvalue weighted by Crippen LogP contribution is -2.42. The zero-order chi connectivity index (χ0) is 24.8. The molecule has 0 N–H and O–H groups in total. The molecule has 4 atom stereocenters. The first-order valence-corrected chi connectivity index (χ1v) is 11.3. The van der Waals surface area contributed by atoms with E-state index in [0.717, 1.165) is 16.7 Å². The molecule has 7 heteroatoms. The number of hydrogen-bond donors (Lipinski definition) is 0. The maximum Gasteiger partial charge on any atom is 0.333 e. The van der Waals surface area contributed by atoms with E-state index in [2.05, 4.69) is 6.58 Å². The lowest BCUT2D eigenvalue weighted by atomic mass is 9.83. The molecule has 4 unspecified atom stereocenters. The number of fused-ring (bicyclic) bond motifs is 1. The van der Waals surface area contributed by atoms with Crippen LogP contribution in [0.4, 0.5) is 0 Å². The van der Waals surface area contributed by atoms with Crippen LogP contribution in [0.2, 0.25) is 0 Å². The van der Waals surface area contributed by atoms with Gasteiger partial charge in [0.05, 0.1) is 13.2 Å². The minimum atomic E-state index is -0.970. The number of methoxy groups -OCH3 is 1. The molecule has 0 bridgehead atoms. The Morgan fingerprint density at radius 2 is 1.76 bits per heavy atom. The third kappa shape index (κ3) is 7.42. The molecule has 7 nitrogen and oxygen atoms in total. The van der Waals surface area contributed by atoms with Crippen molar-refractivity contribution < 1.29 is 33.3 Å². The summed E-state index contributed by atoms with van der Waals surface area (Å²) in [6, 6.07) is 0. The largest absolute Gasteiger partial charge is 0.466 e. The molecule has 0 aromatic carbocycles. The van der Waals surface area contributed by atoms with Crippen LogP contribution in [-0.4, -0.2) is 49.4 Å². The summed E-state index contributed by atoms with van der Waals surface area (Å²) in [5.41, 5.74) is 2.14. The normalized spacial score (nSPS) is 26.5. The SMILES string of the molecule is C=C(C)C1CC=C(C(=O)OC)CCC2OC2(COC(=O)C=C(C)C)C(OC(=O)C=C(C)C)C1. The predicted octanol–water partition coefficient (Wildman–Crippen LogP) is 4.38. The van der Waals surface area contributed by atoms with Gasteiger partial charge in [-0.3, -0.25) is 0 Å². The van der Waals surface area contributed by atoms with Crippen molar-refractivity contribution in [3.05, 3.63) is 47.1 Å². The van der Waals surface area contributed by atoms with Crippen LogP contribution in [0, 0.1) is 5.92 Å². The van der Waals surface area contributed by atoms with Crippen LogP contribution in [0.3, 0.4) is 0 Å². The van der Waals surface area contributed by atoms with Gasteiger partial charge in [-0.15, -0.1) is 0 Å². The average molecular weight is 461 g/mol. The fourth-order valence-electron chi connectivity index (χ4n) is 4.00. The second kappa shape index (κ2) is 11.5. The first-order valence-electron chi connectivity index (χ1n) is 11.3. The Hall–Kier alpha value is -2.67. The summed E-state index contributed by atoms with van der Waals surface area (Å²) >= 11 is 0. The van der Waals surface area contributed by atoms with Crippen LogP contribution in [0.25, 0.3) is 0 Å². The van der Waals surface area contributed by atoms with E-state index in [4.69, 9.17) is 18.9 Å². The number of hydrogen-bond acceptors (Lipinski definition) is 7. The van der Waals surface area contributed by atoms with E-state index in [1.165, 1.54) is 19.3 Å². The number of carbonyl (C=O) groups is 3. The molecule has 0 saturated carbocycles. The van der Waals surface area contributed by atoms with E-state index in [9.17, 15) is 14.4 Å². The lowest BCUT2D eigenvalue weighted by molar-refractivity contribution is -0.152. The maximum absolute atomic E-state index is 12.6. The zero-order valence-electron chi connectivity index (χ0n) is 20.6. The minimum absolute atomic E-state index is 0.0484. The van der Waals surface area contributed by atoms with Gasteiger partial charge in [0.25, 0.3) is 0 Å². The lowest BCUT2D eigenvalue weighted by Gasteiger charge is -2.29. The van der Waals surface area contributed by atoms with Crippen LogP contribution < -0.4 is 0 Å². The molecule has 1 heterocycles. The molecule has 0 aromatic heterocycles. The van der Waals surface area contributed by atoms with Crippen molar-refractivity contribution in [2.75, 3.05) is 13.7 Å². The second-order valence-electron chi connectivity index (χ2n) is 9.31. The Morgan fingerprint density at radius 1 is 1.12 bits per heavy atom. The number of esters is 3. The second-order valence-corrected chi connectivity index (χ2v) is 9.31. The zero-order valence-corrected chi connectivity index (χ0v) is 20.6. The third-order valence-electron chi connectivity index (χ3n) is 5.87. The Labute approximate surface area is 196 Å². The average Bonchev–Trinajstić information content (AvgIpc) is 3.43. The van der Waals surface area contributed by atoms with E-state index in [0.29, 0.717) is 31.3 Å². The van der Waals surface area contributed by atoms with Crippen LogP contribution >= 0.6 is 0 Å². The van der Waals surface area contributed by atoms with Crippen LogP contribution in [0.1, 0.15) is 60.3 Å². The van der Waals surface area contributed by atoms with E-state index >= 15 is 0 Å². The monoisotopic (exact) mass is 460 g/mol. The highest BCUT2D eigenvalue weighted by Gasteiger charge is 2.64. The van der Waals surface area contributed by atoms with Crippen molar-refractivity contribution in [2.45, 2.75) is 78.1 Å². The summed E-state index contributed by atoms with van der Waals surface area (Å²) in [5.74, 6) is -1.38. The third-order valence-corrected chi connectivity index (χ3v) is 5.87. The van der Waals surface area contributed by atoms with Gasteiger partial charge in [0.15, 0.2) is 5.60 Å². The molecule has 0 aromatic rings. The molecule has 0 amide bonds. The van der Waals surface area contributed by atoms with Gasteiger partial charge in [-0.1, -0.05) is 29.4 Å². The van der Waals surface area contributed by atoms with Crippen molar-refractivity contribution in [1.82, 2.24) is 0 Å². The molecule has 1 saturated heterocycles. The molecular formula is C26H36O7. The summed E-state index contributed by atoms with van der Waals surface area (Å²) < 4.78 is 22.4. The molecule has 1 fully saturated rings. The highest BCUT2D eigenvalue weighted by molar-refractivity contribution is 5.88. The first-order chi connectivity index (χ1) is 15.5. The smallest absolute Gasteiger partial charge is 0.333 e. The van der Waals surface area contributed by atoms with Gasteiger partial charge in [0.1, 0.15) is 12.7 Å². The fraction of sp³-hybridized carbons (Fsp3) is 0.577. The molecule has 0 radical (unpaired) electrons. The molecule has 33 heavy (non-hydrogen) atoms. The molecule has 2 rings (SSSR count). The van der Waals surface area contributed by atoms with Gasteiger partial charge >= 0.3 is 17.9 Å². The Morgan fingerprint density at radius 3 is 2.33 bits per heavy atom. The van der Waals surface area contributed by atoms with Crippen molar-refractivity contribution >= 4 is 17.9 Å². The Bertz CT molecular complexity index is 871. The molecule has 1 aliphatic carbocycles. The molecule has 1 aliphatic heterocycles. The van der Waals surface area contributed by atoms with Gasteiger partial charge < -0.3 is 18.9 Å². The molecule has 0 spiro atoms. The van der Waals surface area contributed by atoms with E-state index in [-0.39, 0.29) is 24.6 Å². The maximum atomic E-state index is 12.6. The Balaban J connectivity index is 2.39. The predicted molar refractivity (Wildman–Crippen MR) is 124 cm³/mol. The quantitative estimate of drug-likeness (QED) is 0.183. The van der Waals surface area contributed by atoms with Gasteiger partial charge in [-0.2, -0.15) is 0 Å². The van der Waals surface area contributed by atoms with E-state index in [1.54, 1.807) is 0 Å². The fourth-order valence-corrected chi connectivity index (χ4v) is 4.00. The minimum Gasteiger partial charge on any atom is -0.466 e. The van der Waals surface area contributed by atoms with Crippen molar-refractivity contribution in [3.8, 4) is 0 Å². The van der Waals surface area contributed by atoms with Crippen molar-refractivity contribution in [1.29, 1.82) is 0 Å². The van der Waals surface area contributed by atoms with E-state index in [1.807, 2.05) is 40.7 Å². The van der Waals surface area contributed by atoms with Gasteiger partial charge in [0, 0.05) is 17.7 Å². The first kappa shape index (κ1) is 26.6. The highest BCUT2D eigenvalue weighted by Crippen LogP contribution is 2.48. The standard InChI is InChI=1S/C26H36O7/c1-16(2)12-23(27)31-15-26-21(33-26)11-10-19(25(29)30-7)8-9-20(18(5)6)14-22(26)32-24(28)13-17(3)4/h8,12-13,20-22H,5,9-11,14-15H2,1-4,6-7H3. The summed E-state index contributed by atoms with van der Waals surface area (Å²) in [6.07, 6.45) is 5.68. The van der Waals surface area contributed by atoms with Gasteiger partial charge in [0.2, 0.25) is 0 Å². The van der Waals surface area contributed by atoms with E-state index < -0.39 is 23.6 Å². The summed E-state index contributed by atoms with van der Waals surface area (Å²) in [4.78, 5) is 37.0.